The molecule has 4 heteroatoms. The van der Waals surface area contributed by atoms with Gasteiger partial charge in [-0.3, -0.25) is 4.79 Å². The Morgan fingerprint density at radius 1 is 1.73 bits per heavy atom. The Balaban J connectivity index is 2.76. The summed E-state index contributed by atoms with van der Waals surface area (Å²) >= 11 is 5.72. The van der Waals surface area contributed by atoms with Gasteiger partial charge in [-0.25, -0.2) is 0 Å². The highest BCUT2D eigenvalue weighted by atomic mass is 35.5. The van der Waals surface area contributed by atoms with Gasteiger partial charge in [-0.15, -0.1) is 6.42 Å². The highest BCUT2D eigenvalue weighted by molar-refractivity contribution is 6.30. The minimum atomic E-state index is -0.110. The third-order valence-corrected chi connectivity index (χ3v) is 2.16. The fourth-order valence-electron chi connectivity index (χ4n) is 1.29. The molecule has 80 valence electrons. The molecule has 1 aromatic rings. The Morgan fingerprint density at radius 2 is 2.47 bits per heavy atom. The van der Waals surface area contributed by atoms with E-state index in [1.54, 1.807) is 17.2 Å². The molecule has 0 bridgehead atoms. The van der Waals surface area contributed by atoms with Crippen molar-refractivity contribution in [2.24, 2.45) is 0 Å². The molecule has 1 rings (SSSR count). The number of aromatic nitrogens is 1. The molecule has 1 amide bonds. The number of rotatable bonds is 4. The number of carbonyl (C=O) groups is 1. The molecule has 15 heavy (non-hydrogen) atoms. The average molecular weight is 225 g/mol. The van der Waals surface area contributed by atoms with E-state index < -0.39 is 0 Å². The lowest BCUT2D eigenvalue weighted by molar-refractivity contribution is 0.0772. The number of terminal acetylenes is 1. The lowest BCUT2D eigenvalue weighted by Gasteiger charge is -2.18. The van der Waals surface area contributed by atoms with E-state index in [1.165, 1.54) is 0 Å². The smallest absolute Gasteiger partial charge is 0.271 e. The Bertz CT molecular complexity index is 378. The molecule has 1 aromatic heterocycles. The molecule has 0 aliphatic carbocycles. The van der Waals surface area contributed by atoms with Crippen LogP contribution in [0.3, 0.4) is 0 Å². The summed E-state index contributed by atoms with van der Waals surface area (Å²) in [6, 6.07) is 1.60. The number of aromatic amines is 1. The summed E-state index contributed by atoms with van der Waals surface area (Å²) in [5, 5.41) is 0.524. The summed E-state index contributed by atoms with van der Waals surface area (Å²) < 4.78 is 0. The zero-order valence-corrected chi connectivity index (χ0v) is 9.34. The molecule has 0 radical (unpaired) electrons. The normalized spacial score (nSPS) is 9.67. The van der Waals surface area contributed by atoms with Gasteiger partial charge in [0, 0.05) is 12.7 Å². The second-order valence-electron chi connectivity index (χ2n) is 3.16. The highest BCUT2D eigenvalue weighted by Gasteiger charge is 2.15. The number of nitrogens with one attached hydrogen (secondary N) is 1. The summed E-state index contributed by atoms with van der Waals surface area (Å²) in [5.41, 5.74) is 0.476. The van der Waals surface area contributed by atoms with Gasteiger partial charge in [0.25, 0.3) is 5.91 Å². The van der Waals surface area contributed by atoms with Crippen LogP contribution in [-0.4, -0.2) is 28.9 Å². The van der Waals surface area contributed by atoms with Gasteiger partial charge in [-0.1, -0.05) is 24.4 Å². The van der Waals surface area contributed by atoms with Crippen molar-refractivity contribution < 1.29 is 4.79 Å². The van der Waals surface area contributed by atoms with E-state index in [2.05, 4.69) is 10.9 Å². The van der Waals surface area contributed by atoms with Gasteiger partial charge in [0.15, 0.2) is 0 Å². The molecule has 0 aliphatic heterocycles. The van der Waals surface area contributed by atoms with Gasteiger partial charge < -0.3 is 9.88 Å². The van der Waals surface area contributed by atoms with Crippen molar-refractivity contribution in [3.63, 3.8) is 0 Å². The molecule has 0 saturated carbocycles. The van der Waals surface area contributed by atoms with Gasteiger partial charge >= 0.3 is 0 Å². The number of nitrogens with zero attached hydrogens (tertiary/aromatic N) is 1. The van der Waals surface area contributed by atoms with E-state index in [4.69, 9.17) is 18.0 Å². The summed E-state index contributed by atoms with van der Waals surface area (Å²) in [6.07, 6.45) is 7.66. The maximum absolute atomic E-state index is 11.9. The lowest BCUT2D eigenvalue weighted by atomic mass is 10.3. The predicted octanol–water partition coefficient (Wildman–Crippen LogP) is 2.15. The largest absolute Gasteiger partial charge is 0.356 e. The third kappa shape index (κ3) is 3.03. The molecule has 0 saturated heterocycles. The van der Waals surface area contributed by atoms with Crippen molar-refractivity contribution in [1.29, 1.82) is 0 Å². The van der Waals surface area contributed by atoms with Crippen LogP contribution >= 0.6 is 11.6 Å². The van der Waals surface area contributed by atoms with E-state index in [1.807, 2.05) is 6.92 Å². The van der Waals surface area contributed by atoms with Crippen molar-refractivity contribution in [2.45, 2.75) is 13.3 Å². The van der Waals surface area contributed by atoms with Crippen LogP contribution < -0.4 is 0 Å². The monoisotopic (exact) mass is 224 g/mol. The summed E-state index contributed by atoms with van der Waals surface area (Å²) in [5.74, 6) is 2.36. The van der Waals surface area contributed by atoms with Crippen molar-refractivity contribution >= 4 is 17.5 Å². The van der Waals surface area contributed by atoms with E-state index in [0.29, 0.717) is 23.8 Å². The highest BCUT2D eigenvalue weighted by Crippen LogP contribution is 2.11. The SMILES string of the molecule is C#CCN(CCC)C(=O)c1cc(Cl)c[nH]1. The zero-order valence-electron chi connectivity index (χ0n) is 8.59. The van der Waals surface area contributed by atoms with Gasteiger partial charge in [-0.2, -0.15) is 0 Å². The quantitative estimate of drug-likeness (QED) is 0.782. The lowest BCUT2D eigenvalue weighted by Crippen LogP contribution is -2.32. The van der Waals surface area contributed by atoms with Crippen molar-refractivity contribution in [3.05, 3.63) is 23.0 Å². The van der Waals surface area contributed by atoms with Crippen molar-refractivity contribution in [1.82, 2.24) is 9.88 Å². The molecule has 1 N–H and O–H groups in total. The predicted molar refractivity (Wildman–Crippen MR) is 60.8 cm³/mol. The van der Waals surface area contributed by atoms with Crippen LogP contribution in [-0.2, 0) is 0 Å². The van der Waals surface area contributed by atoms with E-state index >= 15 is 0 Å². The molecule has 0 atom stereocenters. The molecule has 0 spiro atoms. The zero-order chi connectivity index (χ0) is 11.3. The summed E-state index contributed by atoms with van der Waals surface area (Å²) in [4.78, 5) is 16.3. The number of H-pyrrole nitrogens is 1. The van der Waals surface area contributed by atoms with Crippen LogP contribution in [0.15, 0.2) is 12.3 Å². The van der Waals surface area contributed by atoms with Crippen LogP contribution in [0.25, 0.3) is 0 Å². The molecular formula is C11H13ClN2O. The maximum Gasteiger partial charge on any atom is 0.271 e. The van der Waals surface area contributed by atoms with Crippen molar-refractivity contribution in [2.75, 3.05) is 13.1 Å². The van der Waals surface area contributed by atoms with Crippen LogP contribution in [0.4, 0.5) is 0 Å². The fourth-order valence-corrected chi connectivity index (χ4v) is 1.46. The summed E-state index contributed by atoms with van der Waals surface area (Å²) in [6.45, 7) is 2.97. The molecular weight excluding hydrogens is 212 g/mol. The average Bonchev–Trinajstić information content (AvgIpc) is 2.63. The Hall–Kier alpha value is -1.40. The summed E-state index contributed by atoms with van der Waals surface area (Å²) in [7, 11) is 0. The molecule has 0 aromatic carbocycles. The van der Waals surface area contributed by atoms with Gasteiger partial charge in [-0.05, 0) is 12.5 Å². The first-order valence-corrected chi connectivity index (χ1v) is 5.13. The van der Waals surface area contributed by atoms with Gasteiger partial charge in [0.1, 0.15) is 5.69 Å². The third-order valence-electron chi connectivity index (χ3n) is 1.94. The second-order valence-corrected chi connectivity index (χ2v) is 3.60. The Labute approximate surface area is 94.4 Å². The van der Waals surface area contributed by atoms with Gasteiger partial charge in [0.05, 0.1) is 11.6 Å². The first-order valence-electron chi connectivity index (χ1n) is 4.75. The fraction of sp³-hybridized carbons (Fsp3) is 0.364. The van der Waals surface area contributed by atoms with E-state index in [-0.39, 0.29) is 5.91 Å². The minimum absolute atomic E-state index is 0.110. The first-order chi connectivity index (χ1) is 7.19. The molecule has 0 unspecified atom stereocenters. The van der Waals surface area contributed by atoms with E-state index in [9.17, 15) is 4.79 Å². The number of hydrogen-bond donors (Lipinski definition) is 1. The topological polar surface area (TPSA) is 36.1 Å². The van der Waals surface area contributed by atoms with Crippen molar-refractivity contribution in [3.8, 4) is 12.3 Å². The van der Waals surface area contributed by atoms with Gasteiger partial charge in [0.2, 0.25) is 0 Å². The van der Waals surface area contributed by atoms with Crippen LogP contribution in [0, 0.1) is 12.3 Å². The van der Waals surface area contributed by atoms with Crippen LogP contribution in [0.5, 0.6) is 0 Å². The molecule has 1 heterocycles. The first kappa shape index (κ1) is 11.7. The Morgan fingerprint density at radius 3 is 2.93 bits per heavy atom. The second kappa shape index (κ2) is 5.47. The minimum Gasteiger partial charge on any atom is -0.356 e. The van der Waals surface area contributed by atoms with E-state index in [0.717, 1.165) is 6.42 Å². The number of carbonyl (C=O) groups excluding carboxylic acids is 1. The molecule has 0 fully saturated rings. The van der Waals surface area contributed by atoms with Crippen LogP contribution in [0.1, 0.15) is 23.8 Å². The molecule has 0 aliphatic rings. The van der Waals surface area contributed by atoms with Crippen LogP contribution in [0.2, 0.25) is 5.02 Å². The maximum atomic E-state index is 11.9. The standard InChI is InChI=1S/C11H13ClN2O/c1-3-5-14(6-4-2)11(15)10-7-9(12)8-13-10/h1,7-8,13H,4-6H2,2H3. The Kier molecular flexibility index (Phi) is 4.26. The number of halogens is 1. The number of hydrogen-bond acceptors (Lipinski definition) is 1. The molecule has 3 nitrogen and oxygen atoms in total. The number of amides is 1.